The molecule has 0 saturated carbocycles. The molecule has 1 aliphatic rings. The highest BCUT2D eigenvalue weighted by Gasteiger charge is 2.23. The Hall–Kier alpha value is -2.47. The zero-order chi connectivity index (χ0) is 17.1. The van der Waals surface area contributed by atoms with Gasteiger partial charge >= 0.3 is 0 Å². The van der Waals surface area contributed by atoms with Crippen molar-refractivity contribution >= 4 is 5.91 Å². The van der Waals surface area contributed by atoms with Gasteiger partial charge in [0.15, 0.2) is 11.6 Å². The number of β-amino-alcohol motifs (C(OH)–C–C–N with tert-alkyl or cyclic N) is 1. The van der Waals surface area contributed by atoms with Crippen molar-refractivity contribution in [1.29, 1.82) is 0 Å². The minimum atomic E-state index is -0.794. The Balaban J connectivity index is 1.69. The maximum atomic E-state index is 13.6. The largest absolute Gasteiger partial charge is 0.454 e. The van der Waals surface area contributed by atoms with Crippen molar-refractivity contribution in [3.8, 4) is 11.5 Å². The molecular weight excluding hydrogens is 316 g/mol. The van der Waals surface area contributed by atoms with Crippen LogP contribution >= 0.6 is 0 Å². The van der Waals surface area contributed by atoms with Crippen molar-refractivity contribution in [2.75, 3.05) is 13.1 Å². The Kier molecular flexibility index (Phi) is 4.76. The second-order valence-corrected chi connectivity index (χ2v) is 5.75. The molecule has 1 atom stereocenters. The van der Waals surface area contributed by atoms with Crippen molar-refractivity contribution in [3.05, 3.63) is 59.7 Å². The monoisotopic (exact) mass is 333 g/mol. The molecule has 1 saturated heterocycles. The molecule has 4 nitrogen and oxygen atoms in total. The van der Waals surface area contributed by atoms with Crippen molar-refractivity contribution in [3.63, 3.8) is 0 Å². The summed E-state index contributed by atoms with van der Waals surface area (Å²) in [6.07, 6.45) is 1.00. The number of piperidine rings is 1. The third-order valence-corrected chi connectivity index (χ3v) is 3.91. The normalized spacial score (nSPS) is 17.6. The van der Waals surface area contributed by atoms with E-state index in [0.717, 1.165) is 18.6 Å². The van der Waals surface area contributed by atoms with Gasteiger partial charge in [0.05, 0.1) is 6.10 Å². The van der Waals surface area contributed by atoms with Gasteiger partial charge in [-0.05, 0) is 49.2 Å². The number of rotatable bonds is 3. The fourth-order valence-corrected chi connectivity index (χ4v) is 2.67. The minimum Gasteiger partial charge on any atom is -0.454 e. The minimum absolute atomic E-state index is 0.0883. The average molecular weight is 333 g/mol. The number of benzene rings is 2. The number of ether oxygens (including phenoxy) is 1. The second kappa shape index (κ2) is 6.97. The Bertz CT molecular complexity index is 734. The van der Waals surface area contributed by atoms with Gasteiger partial charge in [0, 0.05) is 24.7 Å². The summed E-state index contributed by atoms with van der Waals surface area (Å²) in [5.74, 6) is -1.37. The second-order valence-electron chi connectivity index (χ2n) is 5.75. The van der Waals surface area contributed by atoms with Crippen molar-refractivity contribution in [2.45, 2.75) is 18.9 Å². The van der Waals surface area contributed by atoms with Gasteiger partial charge in [-0.1, -0.05) is 0 Å². The summed E-state index contributed by atoms with van der Waals surface area (Å²) in [6, 6.07) is 9.33. The van der Waals surface area contributed by atoms with E-state index in [1.165, 1.54) is 6.07 Å². The van der Waals surface area contributed by atoms with Crippen LogP contribution in [0.4, 0.5) is 8.78 Å². The maximum absolute atomic E-state index is 13.6. The number of hydrogen-bond donors (Lipinski definition) is 1. The summed E-state index contributed by atoms with van der Waals surface area (Å²) in [6.45, 7) is 0.951. The lowest BCUT2D eigenvalue weighted by Crippen LogP contribution is -2.42. The standard InChI is InChI=1S/C18H17F2NO3/c19-13-5-8-17(16(20)10-13)24-15-6-3-12(4-7-15)18(23)21-9-1-2-14(22)11-21/h3-8,10,14,22H,1-2,9,11H2/t14-/m1/s1. The highest BCUT2D eigenvalue weighted by molar-refractivity contribution is 5.94. The van der Waals surface area contributed by atoms with Gasteiger partial charge in [-0.2, -0.15) is 0 Å². The summed E-state index contributed by atoms with van der Waals surface area (Å²) in [5.41, 5.74) is 0.469. The molecule has 1 N–H and O–H groups in total. The van der Waals surface area contributed by atoms with E-state index in [9.17, 15) is 18.7 Å². The van der Waals surface area contributed by atoms with E-state index in [4.69, 9.17) is 4.74 Å². The van der Waals surface area contributed by atoms with E-state index in [-0.39, 0.29) is 11.7 Å². The highest BCUT2D eigenvalue weighted by atomic mass is 19.1. The number of aliphatic hydroxyl groups is 1. The van der Waals surface area contributed by atoms with Crippen LogP contribution in [0.2, 0.25) is 0 Å². The van der Waals surface area contributed by atoms with Crippen LogP contribution < -0.4 is 4.74 Å². The first-order valence-electron chi connectivity index (χ1n) is 7.73. The van der Waals surface area contributed by atoms with Gasteiger partial charge in [-0.25, -0.2) is 8.78 Å². The first-order chi connectivity index (χ1) is 11.5. The van der Waals surface area contributed by atoms with E-state index in [0.29, 0.717) is 30.8 Å². The van der Waals surface area contributed by atoms with Crippen LogP contribution in [-0.2, 0) is 0 Å². The van der Waals surface area contributed by atoms with E-state index < -0.39 is 17.7 Å². The van der Waals surface area contributed by atoms with E-state index >= 15 is 0 Å². The number of nitrogens with zero attached hydrogens (tertiary/aromatic N) is 1. The van der Waals surface area contributed by atoms with Crippen molar-refractivity contribution in [1.82, 2.24) is 4.90 Å². The van der Waals surface area contributed by atoms with Crippen LogP contribution in [0.15, 0.2) is 42.5 Å². The molecule has 2 aromatic rings. The van der Waals surface area contributed by atoms with Crippen LogP contribution in [-0.4, -0.2) is 35.1 Å². The molecule has 0 bridgehead atoms. The smallest absolute Gasteiger partial charge is 0.253 e. The summed E-state index contributed by atoms with van der Waals surface area (Å²) in [7, 11) is 0. The molecular formula is C18H17F2NO3. The molecule has 1 aliphatic heterocycles. The molecule has 0 unspecified atom stereocenters. The Labute approximate surface area is 138 Å². The summed E-state index contributed by atoms with van der Waals surface area (Å²) in [4.78, 5) is 14.0. The first-order valence-corrected chi connectivity index (χ1v) is 7.73. The molecule has 1 fully saturated rings. The fraction of sp³-hybridized carbons (Fsp3) is 0.278. The molecule has 24 heavy (non-hydrogen) atoms. The lowest BCUT2D eigenvalue weighted by Gasteiger charge is -2.30. The molecule has 0 aromatic heterocycles. The van der Waals surface area contributed by atoms with Gasteiger partial charge in [0.2, 0.25) is 0 Å². The lowest BCUT2D eigenvalue weighted by atomic mass is 10.1. The van der Waals surface area contributed by atoms with Crippen LogP contribution in [0.25, 0.3) is 0 Å². The molecule has 0 radical (unpaired) electrons. The molecule has 0 spiro atoms. The molecule has 6 heteroatoms. The number of carbonyl (C=O) groups excluding carboxylic acids is 1. The number of likely N-dealkylation sites (tertiary alicyclic amines) is 1. The van der Waals surface area contributed by atoms with Crippen molar-refractivity contribution < 1.29 is 23.4 Å². The van der Waals surface area contributed by atoms with E-state index in [1.54, 1.807) is 29.2 Å². The number of carbonyl (C=O) groups is 1. The highest BCUT2D eigenvalue weighted by Crippen LogP contribution is 2.25. The fourth-order valence-electron chi connectivity index (χ4n) is 2.67. The van der Waals surface area contributed by atoms with Crippen LogP contribution in [0.1, 0.15) is 23.2 Å². The number of amides is 1. The predicted octanol–water partition coefficient (Wildman–Crippen LogP) is 3.35. The molecule has 1 heterocycles. The zero-order valence-corrected chi connectivity index (χ0v) is 12.9. The molecule has 2 aromatic carbocycles. The van der Waals surface area contributed by atoms with Crippen LogP contribution in [0.5, 0.6) is 11.5 Å². The quantitative estimate of drug-likeness (QED) is 0.937. The van der Waals surface area contributed by atoms with Crippen LogP contribution in [0, 0.1) is 11.6 Å². The third kappa shape index (κ3) is 3.71. The number of halogens is 2. The lowest BCUT2D eigenvalue weighted by molar-refractivity contribution is 0.0473. The Morgan fingerprint density at radius 3 is 2.58 bits per heavy atom. The molecule has 126 valence electrons. The number of aliphatic hydroxyl groups excluding tert-OH is 1. The maximum Gasteiger partial charge on any atom is 0.253 e. The molecule has 1 amide bonds. The van der Waals surface area contributed by atoms with E-state index in [2.05, 4.69) is 0 Å². The van der Waals surface area contributed by atoms with E-state index in [1.807, 2.05) is 0 Å². The summed E-state index contributed by atoms with van der Waals surface area (Å²) in [5, 5.41) is 9.65. The molecule has 0 aliphatic carbocycles. The van der Waals surface area contributed by atoms with Gasteiger partial charge in [-0.3, -0.25) is 4.79 Å². The predicted molar refractivity (Wildman–Crippen MR) is 84.0 cm³/mol. The first kappa shape index (κ1) is 16.4. The Morgan fingerprint density at radius 2 is 1.92 bits per heavy atom. The molecule has 3 rings (SSSR count). The zero-order valence-electron chi connectivity index (χ0n) is 12.9. The van der Waals surface area contributed by atoms with Gasteiger partial charge in [-0.15, -0.1) is 0 Å². The third-order valence-electron chi connectivity index (χ3n) is 3.91. The van der Waals surface area contributed by atoms with Crippen LogP contribution in [0.3, 0.4) is 0 Å². The van der Waals surface area contributed by atoms with Gasteiger partial charge < -0.3 is 14.7 Å². The van der Waals surface area contributed by atoms with Gasteiger partial charge in [0.1, 0.15) is 11.6 Å². The van der Waals surface area contributed by atoms with Crippen molar-refractivity contribution in [2.24, 2.45) is 0 Å². The summed E-state index contributed by atoms with van der Waals surface area (Å²) < 4.78 is 31.8. The number of hydrogen-bond acceptors (Lipinski definition) is 3. The SMILES string of the molecule is O=C(c1ccc(Oc2ccc(F)cc2F)cc1)N1CCC[C@@H](O)C1. The van der Waals surface area contributed by atoms with Gasteiger partial charge in [0.25, 0.3) is 5.91 Å². The average Bonchev–Trinajstić information content (AvgIpc) is 2.57. The Morgan fingerprint density at radius 1 is 1.17 bits per heavy atom. The topological polar surface area (TPSA) is 49.8 Å². The summed E-state index contributed by atoms with van der Waals surface area (Å²) >= 11 is 0.